The molecule has 2 aromatic rings. The zero-order chi connectivity index (χ0) is 13.9. The Kier molecular flexibility index (Phi) is 3.72. The molecule has 0 fully saturated rings. The number of nitrogens with zero attached hydrogens (tertiary/aromatic N) is 1. The van der Waals surface area contributed by atoms with E-state index < -0.39 is 0 Å². The highest BCUT2D eigenvalue weighted by molar-refractivity contribution is 5.57. The van der Waals surface area contributed by atoms with Crippen molar-refractivity contribution in [1.29, 1.82) is 0 Å². The minimum absolute atomic E-state index is 0.0989. The summed E-state index contributed by atoms with van der Waals surface area (Å²) in [6.07, 6.45) is 0.992. The maximum Gasteiger partial charge on any atom is 0.0681 e. The first kappa shape index (κ1) is 13.2. The highest BCUT2D eigenvalue weighted by Gasteiger charge is 2.21. The van der Waals surface area contributed by atoms with Gasteiger partial charge in [0.25, 0.3) is 0 Å². The Morgan fingerprint density at radius 1 is 1.05 bits per heavy atom. The summed E-state index contributed by atoms with van der Waals surface area (Å²) < 4.78 is 0. The van der Waals surface area contributed by atoms with Crippen LogP contribution >= 0.6 is 0 Å². The Bertz CT molecular complexity index is 580. The second-order valence-corrected chi connectivity index (χ2v) is 5.35. The molecule has 0 aliphatic carbocycles. The van der Waals surface area contributed by atoms with Crippen LogP contribution in [0.25, 0.3) is 0 Å². The van der Waals surface area contributed by atoms with Crippen LogP contribution in [0.3, 0.4) is 0 Å². The van der Waals surface area contributed by atoms with Gasteiger partial charge >= 0.3 is 0 Å². The van der Waals surface area contributed by atoms with Crippen molar-refractivity contribution >= 4 is 5.69 Å². The molecule has 3 heteroatoms. The van der Waals surface area contributed by atoms with E-state index in [4.69, 9.17) is 10.8 Å². The lowest BCUT2D eigenvalue weighted by atomic mass is 9.96. The third kappa shape index (κ3) is 2.55. The molecule has 3 rings (SSSR count). The van der Waals surface area contributed by atoms with Crippen molar-refractivity contribution in [1.82, 2.24) is 0 Å². The van der Waals surface area contributed by atoms with Gasteiger partial charge in [0.15, 0.2) is 0 Å². The molecule has 0 aromatic heterocycles. The fraction of sp³-hybridized carbons (Fsp3) is 0.294. The van der Waals surface area contributed by atoms with Crippen LogP contribution in [0.2, 0.25) is 0 Å². The van der Waals surface area contributed by atoms with E-state index in [1.165, 1.54) is 16.8 Å². The standard InChI is InChI=1S/C17H20N2O/c18-16-9-10-19(17-4-2-1-3-15(16)17)11-13-5-7-14(12-20)8-6-13/h1-8,16,20H,9-12,18H2. The highest BCUT2D eigenvalue weighted by atomic mass is 16.3. The molecule has 0 amide bonds. The summed E-state index contributed by atoms with van der Waals surface area (Å²) in [6, 6.07) is 16.7. The molecule has 3 nitrogen and oxygen atoms in total. The Morgan fingerprint density at radius 2 is 1.75 bits per heavy atom. The molecule has 0 bridgehead atoms. The first-order chi connectivity index (χ1) is 9.78. The summed E-state index contributed by atoms with van der Waals surface area (Å²) in [6.45, 7) is 1.97. The molecular weight excluding hydrogens is 248 g/mol. The molecule has 1 atom stereocenters. The normalized spacial score (nSPS) is 17.9. The number of hydrogen-bond donors (Lipinski definition) is 2. The fourth-order valence-electron chi connectivity index (χ4n) is 2.79. The molecule has 1 unspecified atom stereocenters. The molecule has 104 valence electrons. The monoisotopic (exact) mass is 268 g/mol. The van der Waals surface area contributed by atoms with E-state index in [0.717, 1.165) is 25.1 Å². The SMILES string of the molecule is NC1CCN(Cc2ccc(CO)cc2)c2ccccc21. The maximum atomic E-state index is 9.08. The van der Waals surface area contributed by atoms with E-state index in [0.29, 0.717) is 0 Å². The van der Waals surface area contributed by atoms with Crippen LogP contribution in [0.15, 0.2) is 48.5 Å². The van der Waals surface area contributed by atoms with Gasteiger partial charge in [0.05, 0.1) is 6.61 Å². The van der Waals surface area contributed by atoms with Crippen LogP contribution in [0.4, 0.5) is 5.69 Å². The zero-order valence-corrected chi connectivity index (χ0v) is 11.5. The predicted molar refractivity (Wildman–Crippen MR) is 81.4 cm³/mol. The van der Waals surface area contributed by atoms with Gasteiger partial charge in [-0.05, 0) is 29.2 Å². The summed E-state index contributed by atoms with van der Waals surface area (Å²) in [7, 11) is 0. The number of para-hydroxylation sites is 1. The summed E-state index contributed by atoms with van der Waals surface area (Å²) in [5.41, 5.74) is 10.9. The number of aliphatic hydroxyl groups excluding tert-OH is 1. The summed E-state index contributed by atoms with van der Waals surface area (Å²) >= 11 is 0. The number of rotatable bonds is 3. The molecule has 0 saturated heterocycles. The number of aliphatic hydroxyl groups is 1. The molecular formula is C17H20N2O. The lowest BCUT2D eigenvalue weighted by Crippen LogP contribution is -2.33. The third-order valence-corrected chi connectivity index (χ3v) is 3.97. The van der Waals surface area contributed by atoms with Crippen molar-refractivity contribution < 1.29 is 5.11 Å². The summed E-state index contributed by atoms with van der Waals surface area (Å²) in [5.74, 6) is 0. The number of nitrogens with two attached hydrogens (primary N) is 1. The number of benzene rings is 2. The van der Waals surface area contributed by atoms with Gasteiger partial charge in [-0.2, -0.15) is 0 Å². The van der Waals surface area contributed by atoms with Crippen molar-refractivity contribution in [2.75, 3.05) is 11.4 Å². The molecule has 3 N–H and O–H groups in total. The van der Waals surface area contributed by atoms with E-state index in [-0.39, 0.29) is 12.6 Å². The van der Waals surface area contributed by atoms with E-state index in [9.17, 15) is 0 Å². The van der Waals surface area contributed by atoms with Crippen molar-refractivity contribution in [3.05, 3.63) is 65.2 Å². The fourth-order valence-corrected chi connectivity index (χ4v) is 2.79. The molecule has 0 radical (unpaired) electrons. The van der Waals surface area contributed by atoms with Crippen LogP contribution in [0.1, 0.15) is 29.2 Å². The zero-order valence-electron chi connectivity index (χ0n) is 11.5. The minimum Gasteiger partial charge on any atom is -0.392 e. The number of anilines is 1. The van der Waals surface area contributed by atoms with E-state index in [2.05, 4.69) is 41.3 Å². The van der Waals surface area contributed by atoms with Crippen LogP contribution in [-0.4, -0.2) is 11.7 Å². The van der Waals surface area contributed by atoms with Gasteiger partial charge in [-0.15, -0.1) is 0 Å². The van der Waals surface area contributed by atoms with Crippen LogP contribution < -0.4 is 10.6 Å². The smallest absolute Gasteiger partial charge is 0.0681 e. The number of hydrogen-bond acceptors (Lipinski definition) is 3. The molecule has 1 heterocycles. The van der Waals surface area contributed by atoms with E-state index in [1.54, 1.807) is 0 Å². The van der Waals surface area contributed by atoms with E-state index >= 15 is 0 Å². The Labute approximate surface area is 119 Å². The summed E-state index contributed by atoms with van der Waals surface area (Å²) in [5, 5.41) is 9.08. The lowest BCUT2D eigenvalue weighted by Gasteiger charge is -2.34. The third-order valence-electron chi connectivity index (χ3n) is 3.97. The molecule has 20 heavy (non-hydrogen) atoms. The second-order valence-electron chi connectivity index (χ2n) is 5.35. The van der Waals surface area contributed by atoms with Crippen molar-refractivity contribution in [3.8, 4) is 0 Å². The minimum atomic E-state index is 0.0989. The number of fused-ring (bicyclic) bond motifs is 1. The van der Waals surface area contributed by atoms with Gasteiger partial charge in [0, 0.05) is 24.8 Å². The van der Waals surface area contributed by atoms with Gasteiger partial charge in [0.1, 0.15) is 0 Å². The average Bonchev–Trinajstić information content (AvgIpc) is 2.51. The average molecular weight is 268 g/mol. The first-order valence-corrected chi connectivity index (χ1v) is 7.06. The van der Waals surface area contributed by atoms with Crippen LogP contribution in [0, 0.1) is 0 Å². The van der Waals surface area contributed by atoms with Crippen molar-refractivity contribution in [3.63, 3.8) is 0 Å². The van der Waals surface area contributed by atoms with Crippen LogP contribution in [0.5, 0.6) is 0 Å². The van der Waals surface area contributed by atoms with E-state index in [1.807, 2.05) is 12.1 Å². The van der Waals surface area contributed by atoms with Gasteiger partial charge < -0.3 is 15.7 Å². The maximum absolute atomic E-state index is 9.08. The molecule has 0 saturated carbocycles. The van der Waals surface area contributed by atoms with Gasteiger partial charge in [-0.3, -0.25) is 0 Å². The van der Waals surface area contributed by atoms with Gasteiger partial charge in [-0.1, -0.05) is 42.5 Å². The molecule has 0 spiro atoms. The first-order valence-electron chi connectivity index (χ1n) is 7.06. The van der Waals surface area contributed by atoms with Crippen molar-refractivity contribution in [2.45, 2.75) is 25.6 Å². The van der Waals surface area contributed by atoms with Crippen LogP contribution in [-0.2, 0) is 13.2 Å². The Hall–Kier alpha value is -1.84. The summed E-state index contributed by atoms with van der Waals surface area (Å²) in [4.78, 5) is 2.38. The molecule has 1 aliphatic rings. The lowest BCUT2D eigenvalue weighted by molar-refractivity contribution is 0.282. The molecule has 1 aliphatic heterocycles. The topological polar surface area (TPSA) is 49.5 Å². The predicted octanol–water partition coefficient (Wildman–Crippen LogP) is 2.59. The Balaban J connectivity index is 1.82. The largest absolute Gasteiger partial charge is 0.392 e. The quantitative estimate of drug-likeness (QED) is 0.899. The Morgan fingerprint density at radius 3 is 2.50 bits per heavy atom. The molecule has 2 aromatic carbocycles. The highest BCUT2D eigenvalue weighted by Crippen LogP contribution is 2.32. The van der Waals surface area contributed by atoms with Crippen molar-refractivity contribution in [2.24, 2.45) is 5.73 Å². The van der Waals surface area contributed by atoms with Gasteiger partial charge in [-0.25, -0.2) is 0 Å². The van der Waals surface area contributed by atoms with Gasteiger partial charge in [0.2, 0.25) is 0 Å². The second kappa shape index (κ2) is 5.65.